The van der Waals surface area contributed by atoms with Gasteiger partial charge >= 0.3 is 23.1 Å². The minimum atomic E-state index is -0.978. The summed E-state index contributed by atoms with van der Waals surface area (Å²) in [5.74, 6) is -1.96. The average molecular weight is 655 g/mol. The Morgan fingerprint density at radius 3 is 0.822 bits per heavy atom. The van der Waals surface area contributed by atoms with Crippen LogP contribution in [0.5, 0.6) is 0 Å². The number of aliphatic hydroxyl groups excluding tert-OH is 4. The summed E-state index contributed by atoms with van der Waals surface area (Å²) in [5.41, 5.74) is 0. The largest absolute Gasteiger partial charge is 2.00 e. The van der Waals surface area contributed by atoms with Crippen LogP contribution in [0.4, 0.5) is 0 Å². The van der Waals surface area contributed by atoms with E-state index in [9.17, 15) is 40.2 Å². The van der Waals surface area contributed by atoms with Crippen molar-refractivity contribution in [3.63, 3.8) is 0 Å². The standard InChI is InChI=1S/2C18H36O4.Mg/c2*1-2-3-4-5-7-10-13-16(19)17(20)14-11-8-6-9-12-15-18(21)22;/h2*16-17,19-20H,2-15H2,1H3,(H,21,22);/q;;+2/p-2. The van der Waals surface area contributed by atoms with E-state index in [0.717, 1.165) is 77.0 Å². The summed E-state index contributed by atoms with van der Waals surface area (Å²) in [6.45, 7) is 4.40. The Labute approximate surface area is 292 Å². The molecule has 0 aliphatic heterocycles. The zero-order chi connectivity index (χ0) is 33.3. The Balaban J connectivity index is -0.000000767. The second kappa shape index (κ2) is 38.0. The predicted molar refractivity (Wildman–Crippen MR) is 180 cm³/mol. The number of hydrogen-bond donors (Lipinski definition) is 4. The molecule has 0 fully saturated rings. The van der Waals surface area contributed by atoms with Crippen molar-refractivity contribution in [3.8, 4) is 0 Å². The van der Waals surface area contributed by atoms with Gasteiger partial charge < -0.3 is 40.2 Å². The van der Waals surface area contributed by atoms with E-state index in [1.807, 2.05) is 0 Å². The van der Waals surface area contributed by atoms with Gasteiger partial charge in [0, 0.05) is 11.9 Å². The number of aliphatic hydroxyl groups is 4. The molecular weight excluding hydrogens is 585 g/mol. The summed E-state index contributed by atoms with van der Waals surface area (Å²) in [4.78, 5) is 20.5. The van der Waals surface area contributed by atoms with Crippen LogP contribution < -0.4 is 10.2 Å². The van der Waals surface area contributed by atoms with Crippen LogP contribution in [0.25, 0.3) is 0 Å². The molecule has 4 N–H and O–H groups in total. The Hall–Kier alpha value is -0.454. The third-order valence-electron chi connectivity index (χ3n) is 8.36. The topological polar surface area (TPSA) is 161 Å². The van der Waals surface area contributed by atoms with Gasteiger partial charge in [0.1, 0.15) is 0 Å². The summed E-state index contributed by atoms with van der Waals surface area (Å²) in [5, 5.41) is 60.1. The van der Waals surface area contributed by atoms with Crippen LogP contribution in [0, 0.1) is 0 Å². The zero-order valence-electron chi connectivity index (χ0n) is 29.2. The predicted octanol–water partition coefficient (Wildman–Crippen LogP) is 5.50. The first-order valence-electron chi connectivity index (χ1n) is 18.3. The molecule has 0 saturated heterocycles. The molecule has 0 amide bonds. The van der Waals surface area contributed by atoms with Gasteiger partial charge in [-0.3, -0.25) is 0 Å². The Morgan fingerprint density at radius 2 is 0.600 bits per heavy atom. The van der Waals surface area contributed by atoms with Crippen molar-refractivity contribution in [1.29, 1.82) is 0 Å². The Morgan fingerprint density at radius 1 is 0.400 bits per heavy atom. The molecule has 8 nitrogen and oxygen atoms in total. The van der Waals surface area contributed by atoms with Crippen molar-refractivity contribution in [2.75, 3.05) is 0 Å². The van der Waals surface area contributed by atoms with Crippen LogP contribution in [-0.4, -0.2) is 79.8 Å². The molecule has 0 radical (unpaired) electrons. The van der Waals surface area contributed by atoms with Crippen LogP contribution >= 0.6 is 0 Å². The van der Waals surface area contributed by atoms with E-state index in [0.29, 0.717) is 38.5 Å². The third-order valence-corrected chi connectivity index (χ3v) is 8.36. The summed E-state index contributed by atoms with van der Waals surface area (Å²) >= 11 is 0. The van der Waals surface area contributed by atoms with Crippen molar-refractivity contribution >= 4 is 35.0 Å². The first kappa shape index (κ1) is 48.9. The molecule has 45 heavy (non-hydrogen) atoms. The van der Waals surface area contributed by atoms with Crippen molar-refractivity contribution < 1.29 is 40.2 Å². The number of carboxylic acids is 2. The summed E-state index contributed by atoms with van der Waals surface area (Å²) in [7, 11) is 0. The molecule has 0 aromatic heterocycles. The van der Waals surface area contributed by atoms with Crippen LogP contribution in [-0.2, 0) is 9.59 Å². The van der Waals surface area contributed by atoms with Gasteiger partial charge in [-0.1, -0.05) is 142 Å². The maximum atomic E-state index is 10.2. The van der Waals surface area contributed by atoms with E-state index in [-0.39, 0.29) is 35.9 Å². The minimum Gasteiger partial charge on any atom is -0.550 e. The van der Waals surface area contributed by atoms with Gasteiger partial charge in [-0.2, -0.15) is 0 Å². The number of hydrogen-bond acceptors (Lipinski definition) is 8. The summed E-state index contributed by atoms with van der Waals surface area (Å²) in [6.07, 6.45) is 23.7. The van der Waals surface area contributed by atoms with E-state index in [4.69, 9.17) is 0 Å². The van der Waals surface area contributed by atoms with Gasteiger partial charge in [0.15, 0.2) is 0 Å². The maximum absolute atomic E-state index is 10.2. The molecule has 0 heterocycles. The second-order valence-corrected chi connectivity index (χ2v) is 12.7. The zero-order valence-corrected chi connectivity index (χ0v) is 30.7. The fourth-order valence-corrected chi connectivity index (χ4v) is 5.34. The van der Waals surface area contributed by atoms with Crippen LogP contribution in [0.1, 0.15) is 194 Å². The molecule has 0 bridgehead atoms. The number of unbranched alkanes of at least 4 members (excludes halogenated alkanes) is 18. The molecule has 9 heteroatoms. The van der Waals surface area contributed by atoms with Crippen LogP contribution in [0.15, 0.2) is 0 Å². The SMILES string of the molecule is CCCCCCCCC(O)C(O)CCCCCCCC(=O)[O-].CCCCCCCCC(O)C(O)CCCCCCCC(=O)[O-].[Mg+2]. The van der Waals surface area contributed by atoms with Gasteiger partial charge in [-0.15, -0.1) is 0 Å². The molecule has 4 unspecified atom stereocenters. The van der Waals surface area contributed by atoms with E-state index < -0.39 is 36.4 Å². The van der Waals surface area contributed by atoms with E-state index in [1.165, 1.54) is 51.4 Å². The first-order valence-corrected chi connectivity index (χ1v) is 18.3. The van der Waals surface area contributed by atoms with Crippen LogP contribution in [0.3, 0.4) is 0 Å². The maximum Gasteiger partial charge on any atom is 2.00 e. The Kier molecular flexibility index (Phi) is 41.3. The number of carbonyl (C=O) groups excluding carboxylic acids is 2. The molecule has 0 spiro atoms. The van der Waals surface area contributed by atoms with E-state index in [1.54, 1.807) is 0 Å². The molecule has 264 valence electrons. The minimum absolute atomic E-state index is 0. The van der Waals surface area contributed by atoms with Gasteiger partial charge in [0.25, 0.3) is 0 Å². The Bertz CT molecular complexity index is 570. The number of rotatable bonds is 32. The van der Waals surface area contributed by atoms with E-state index in [2.05, 4.69) is 13.8 Å². The van der Waals surface area contributed by atoms with Gasteiger partial charge in [-0.25, -0.2) is 0 Å². The summed E-state index contributed by atoms with van der Waals surface area (Å²) in [6, 6.07) is 0. The van der Waals surface area contributed by atoms with Crippen molar-refractivity contribution in [2.45, 2.75) is 218 Å². The normalized spacial score (nSPS) is 13.6. The fraction of sp³-hybridized carbons (Fsp3) is 0.944. The number of carbonyl (C=O) groups is 2. The molecule has 4 atom stereocenters. The molecule has 0 aliphatic carbocycles. The molecule has 0 aromatic carbocycles. The smallest absolute Gasteiger partial charge is 0.550 e. The second-order valence-electron chi connectivity index (χ2n) is 12.7. The summed E-state index contributed by atoms with van der Waals surface area (Å²) < 4.78 is 0. The quantitative estimate of drug-likeness (QED) is 0.0546. The van der Waals surface area contributed by atoms with Crippen molar-refractivity contribution in [3.05, 3.63) is 0 Å². The van der Waals surface area contributed by atoms with Crippen molar-refractivity contribution in [2.24, 2.45) is 0 Å². The van der Waals surface area contributed by atoms with Crippen LogP contribution in [0.2, 0.25) is 0 Å². The third kappa shape index (κ3) is 39.6. The molecule has 0 aliphatic rings. The van der Waals surface area contributed by atoms with Gasteiger partial charge in [0.05, 0.1) is 24.4 Å². The van der Waals surface area contributed by atoms with Crippen molar-refractivity contribution in [1.82, 2.24) is 0 Å². The molecule has 0 rings (SSSR count). The molecular formula is C36H70MgO8. The first-order chi connectivity index (χ1) is 21.1. The van der Waals surface area contributed by atoms with E-state index >= 15 is 0 Å². The molecule has 0 aromatic rings. The number of aliphatic carboxylic acids is 2. The fourth-order valence-electron chi connectivity index (χ4n) is 5.34. The monoisotopic (exact) mass is 654 g/mol. The van der Waals surface area contributed by atoms with Gasteiger partial charge in [-0.05, 0) is 51.4 Å². The number of carboxylic acid groups (broad SMARTS) is 2. The average Bonchev–Trinajstić information content (AvgIpc) is 2.99. The van der Waals surface area contributed by atoms with Gasteiger partial charge in [0.2, 0.25) is 0 Å². The molecule has 0 saturated carbocycles.